The molecule has 0 saturated carbocycles. The molecule has 18 heavy (non-hydrogen) atoms. The Morgan fingerprint density at radius 3 is 2.67 bits per heavy atom. The molecule has 0 amide bonds. The number of non-ortho nitro benzene ring substituents is 1. The van der Waals surface area contributed by atoms with Gasteiger partial charge >= 0.3 is 0 Å². The number of nitro groups is 1. The van der Waals surface area contributed by atoms with Crippen LogP contribution >= 0.6 is 0 Å². The van der Waals surface area contributed by atoms with Gasteiger partial charge in [-0.15, -0.1) is 0 Å². The SMILES string of the molecule is O=C(CNC1=NCCC1)c1ccc([N+](=O)[O-])cc1. The van der Waals surface area contributed by atoms with E-state index in [0.717, 1.165) is 25.2 Å². The van der Waals surface area contributed by atoms with Crippen molar-refractivity contribution in [2.45, 2.75) is 12.8 Å². The highest BCUT2D eigenvalue weighted by Gasteiger charge is 2.11. The largest absolute Gasteiger partial charge is 0.366 e. The second-order valence-electron chi connectivity index (χ2n) is 4.01. The van der Waals surface area contributed by atoms with Gasteiger partial charge in [-0.05, 0) is 18.6 Å². The van der Waals surface area contributed by atoms with Crippen molar-refractivity contribution in [3.8, 4) is 0 Å². The summed E-state index contributed by atoms with van der Waals surface area (Å²) < 4.78 is 0. The molecule has 1 heterocycles. The maximum atomic E-state index is 11.8. The number of ketones is 1. The van der Waals surface area contributed by atoms with E-state index in [-0.39, 0.29) is 18.0 Å². The van der Waals surface area contributed by atoms with Crippen molar-refractivity contribution in [3.05, 3.63) is 39.9 Å². The second-order valence-corrected chi connectivity index (χ2v) is 4.01. The number of nitrogens with zero attached hydrogens (tertiary/aromatic N) is 2. The number of carbonyl (C=O) groups excluding carboxylic acids is 1. The molecule has 0 unspecified atom stereocenters. The number of carbonyl (C=O) groups is 1. The van der Waals surface area contributed by atoms with Gasteiger partial charge < -0.3 is 5.32 Å². The second kappa shape index (κ2) is 5.39. The number of benzene rings is 1. The Morgan fingerprint density at radius 2 is 2.11 bits per heavy atom. The van der Waals surface area contributed by atoms with Crippen LogP contribution in [-0.4, -0.2) is 29.6 Å². The Labute approximate surface area is 104 Å². The quantitative estimate of drug-likeness (QED) is 0.497. The van der Waals surface area contributed by atoms with E-state index >= 15 is 0 Å². The molecule has 1 aromatic rings. The molecule has 6 heteroatoms. The van der Waals surface area contributed by atoms with E-state index in [9.17, 15) is 14.9 Å². The summed E-state index contributed by atoms with van der Waals surface area (Å²) in [7, 11) is 0. The fraction of sp³-hybridized carbons (Fsp3) is 0.333. The average Bonchev–Trinajstić information content (AvgIpc) is 2.89. The molecule has 0 fully saturated rings. The Hall–Kier alpha value is -2.24. The highest BCUT2D eigenvalue weighted by molar-refractivity contribution is 6.00. The van der Waals surface area contributed by atoms with Crippen molar-refractivity contribution in [2.24, 2.45) is 4.99 Å². The molecular weight excluding hydrogens is 234 g/mol. The standard InChI is InChI=1S/C12H13N3O3/c16-11(8-14-12-2-1-7-13-12)9-3-5-10(6-4-9)15(17)18/h3-6H,1-2,7-8H2,(H,13,14). The van der Waals surface area contributed by atoms with Crippen molar-refractivity contribution in [3.63, 3.8) is 0 Å². The lowest BCUT2D eigenvalue weighted by molar-refractivity contribution is -0.384. The number of aliphatic imine (C=N–C) groups is 1. The number of Topliss-reactive ketones (excluding diaryl/α,β-unsaturated/α-hetero) is 1. The minimum Gasteiger partial charge on any atom is -0.366 e. The van der Waals surface area contributed by atoms with Crippen LogP contribution in [0.5, 0.6) is 0 Å². The van der Waals surface area contributed by atoms with Gasteiger partial charge in [0.15, 0.2) is 5.78 Å². The van der Waals surface area contributed by atoms with Crippen LogP contribution in [0.4, 0.5) is 5.69 Å². The zero-order valence-electron chi connectivity index (χ0n) is 9.76. The van der Waals surface area contributed by atoms with E-state index in [0.29, 0.717) is 5.56 Å². The highest BCUT2D eigenvalue weighted by Crippen LogP contribution is 2.12. The van der Waals surface area contributed by atoms with Gasteiger partial charge in [0.25, 0.3) is 5.69 Å². The molecule has 0 radical (unpaired) electrons. The molecule has 1 aromatic carbocycles. The molecule has 0 atom stereocenters. The fourth-order valence-electron chi connectivity index (χ4n) is 1.74. The molecule has 94 valence electrons. The first-order valence-electron chi connectivity index (χ1n) is 5.71. The lowest BCUT2D eigenvalue weighted by atomic mass is 10.1. The van der Waals surface area contributed by atoms with E-state index in [2.05, 4.69) is 10.3 Å². The van der Waals surface area contributed by atoms with Crippen LogP contribution < -0.4 is 5.32 Å². The van der Waals surface area contributed by atoms with Crippen LogP contribution in [0.15, 0.2) is 29.3 Å². The van der Waals surface area contributed by atoms with E-state index < -0.39 is 4.92 Å². The van der Waals surface area contributed by atoms with E-state index in [1.165, 1.54) is 24.3 Å². The summed E-state index contributed by atoms with van der Waals surface area (Å²) in [6, 6.07) is 5.61. The first-order chi connectivity index (χ1) is 8.66. The van der Waals surface area contributed by atoms with Crippen molar-refractivity contribution in [1.82, 2.24) is 5.32 Å². The van der Waals surface area contributed by atoms with Crippen LogP contribution in [0, 0.1) is 10.1 Å². The van der Waals surface area contributed by atoms with Crippen molar-refractivity contribution < 1.29 is 9.72 Å². The summed E-state index contributed by atoms with van der Waals surface area (Å²) in [4.78, 5) is 26.0. The van der Waals surface area contributed by atoms with Crippen molar-refractivity contribution in [2.75, 3.05) is 13.1 Å². The molecule has 0 aromatic heterocycles. The minimum absolute atomic E-state index is 0.0142. The number of amidine groups is 1. The molecule has 1 aliphatic rings. The van der Waals surface area contributed by atoms with Gasteiger partial charge in [0.1, 0.15) is 0 Å². The van der Waals surface area contributed by atoms with Crippen molar-refractivity contribution in [1.29, 1.82) is 0 Å². The summed E-state index contributed by atoms with van der Waals surface area (Å²) in [6.45, 7) is 0.991. The van der Waals surface area contributed by atoms with E-state index in [1.54, 1.807) is 0 Å². The number of hydrogen-bond acceptors (Lipinski definition) is 5. The van der Waals surface area contributed by atoms with Crippen LogP contribution in [-0.2, 0) is 0 Å². The van der Waals surface area contributed by atoms with Gasteiger partial charge in [0, 0.05) is 30.7 Å². The molecule has 1 aliphatic heterocycles. The number of nitro benzene ring substituents is 1. The van der Waals surface area contributed by atoms with Gasteiger partial charge in [-0.3, -0.25) is 19.9 Å². The third-order valence-electron chi connectivity index (χ3n) is 2.73. The summed E-state index contributed by atoms with van der Waals surface area (Å²) in [5, 5.41) is 13.5. The number of nitrogens with one attached hydrogen (secondary N) is 1. The molecule has 1 N–H and O–H groups in total. The molecule has 0 spiro atoms. The summed E-state index contributed by atoms with van der Waals surface area (Å²) >= 11 is 0. The monoisotopic (exact) mass is 247 g/mol. The maximum Gasteiger partial charge on any atom is 0.269 e. The molecule has 0 saturated heterocycles. The van der Waals surface area contributed by atoms with Gasteiger partial charge in [-0.1, -0.05) is 0 Å². The third kappa shape index (κ3) is 2.91. The minimum atomic E-state index is -0.486. The molecule has 2 rings (SSSR count). The topological polar surface area (TPSA) is 84.6 Å². The first kappa shape index (κ1) is 12.2. The van der Waals surface area contributed by atoms with Gasteiger partial charge in [-0.25, -0.2) is 0 Å². The Bertz CT molecular complexity index is 494. The van der Waals surface area contributed by atoms with Crippen LogP contribution in [0.25, 0.3) is 0 Å². The van der Waals surface area contributed by atoms with Crippen LogP contribution in [0.3, 0.4) is 0 Å². The molecular formula is C12H13N3O3. The average molecular weight is 247 g/mol. The molecule has 6 nitrogen and oxygen atoms in total. The maximum absolute atomic E-state index is 11.8. The lowest BCUT2D eigenvalue weighted by Gasteiger charge is -2.04. The Kier molecular flexibility index (Phi) is 3.66. The Balaban J connectivity index is 1.94. The van der Waals surface area contributed by atoms with E-state index in [1.807, 2.05) is 0 Å². The summed E-state index contributed by atoms with van der Waals surface area (Å²) in [5.41, 5.74) is 0.450. The van der Waals surface area contributed by atoms with Gasteiger partial charge in [-0.2, -0.15) is 0 Å². The normalized spacial score (nSPS) is 14.1. The molecule has 0 aliphatic carbocycles. The van der Waals surface area contributed by atoms with Crippen LogP contribution in [0.1, 0.15) is 23.2 Å². The molecule has 0 bridgehead atoms. The zero-order valence-corrected chi connectivity index (χ0v) is 9.76. The lowest BCUT2D eigenvalue weighted by Crippen LogP contribution is -2.28. The highest BCUT2D eigenvalue weighted by atomic mass is 16.6. The van der Waals surface area contributed by atoms with Crippen LogP contribution in [0.2, 0.25) is 0 Å². The predicted octanol–water partition coefficient (Wildman–Crippen LogP) is 1.56. The predicted molar refractivity (Wildman–Crippen MR) is 67.0 cm³/mol. The van der Waals surface area contributed by atoms with E-state index in [4.69, 9.17) is 0 Å². The van der Waals surface area contributed by atoms with Gasteiger partial charge in [0.05, 0.1) is 17.3 Å². The van der Waals surface area contributed by atoms with Crippen molar-refractivity contribution >= 4 is 17.3 Å². The number of hydrogen-bond donors (Lipinski definition) is 1. The smallest absolute Gasteiger partial charge is 0.269 e. The summed E-state index contributed by atoms with van der Waals surface area (Å²) in [5.74, 6) is 0.768. The fourth-order valence-corrected chi connectivity index (χ4v) is 1.74. The third-order valence-corrected chi connectivity index (χ3v) is 2.73. The summed E-state index contributed by atoms with van der Waals surface area (Å²) in [6.07, 6.45) is 1.90. The van der Waals surface area contributed by atoms with Gasteiger partial charge in [0.2, 0.25) is 0 Å². The first-order valence-corrected chi connectivity index (χ1v) is 5.71. The zero-order chi connectivity index (χ0) is 13.0. The Morgan fingerprint density at radius 1 is 1.39 bits per heavy atom. The number of rotatable bonds is 4.